The molecular formula is C77H140O6. The second-order valence-corrected chi connectivity index (χ2v) is 24.8. The van der Waals surface area contributed by atoms with E-state index >= 15 is 0 Å². The first-order valence-corrected chi connectivity index (χ1v) is 36.8. The van der Waals surface area contributed by atoms with Crippen LogP contribution in [0, 0.1) is 0 Å². The molecule has 1 atom stereocenters. The van der Waals surface area contributed by atoms with Crippen LogP contribution in [-0.4, -0.2) is 37.2 Å². The second kappa shape index (κ2) is 71.6. The molecule has 0 saturated heterocycles. The highest BCUT2D eigenvalue weighted by atomic mass is 16.6. The molecule has 0 saturated carbocycles. The fourth-order valence-corrected chi connectivity index (χ4v) is 11.1. The first-order chi connectivity index (χ1) is 41.0. The molecule has 1 unspecified atom stereocenters. The number of rotatable bonds is 68. The van der Waals surface area contributed by atoms with Crippen LogP contribution in [0.4, 0.5) is 0 Å². The highest BCUT2D eigenvalue weighted by Gasteiger charge is 2.19. The lowest BCUT2D eigenvalue weighted by Gasteiger charge is -2.18. The summed E-state index contributed by atoms with van der Waals surface area (Å²) in [6.45, 7) is 6.60. The van der Waals surface area contributed by atoms with Gasteiger partial charge in [0.15, 0.2) is 6.10 Å². The van der Waals surface area contributed by atoms with Gasteiger partial charge in [0.05, 0.1) is 0 Å². The van der Waals surface area contributed by atoms with E-state index in [1.165, 1.54) is 263 Å². The molecule has 0 radical (unpaired) electrons. The molecular weight excluding hydrogens is 1020 g/mol. The molecule has 0 spiro atoms. The van der Waals surface area contributed by atoms with Gasteiger partial charge in [0.1, 0.15) is 13.2 Å². The summed E-state index contributed by atoms with van der Waals surface area (Å²) in [4.78, 5) is 38.4. The van der Waals surface area contributed by atoms with Gasteiger partial charge in [-0.3, -0.25) is 14.4 Å². The predicted octanol–water partition coefficient (Wildman–Crippen LogP) is 25.5. The van der Waals surface area contributed by atoms with Crippen LogP contribution in [-0.2, 0) is 28.6 Å². The fourth-order valence-electron chi connectivity index (χ4n) is 11.1. The molecule has 0 fully saturated rings. The molecule has 6 heteroatoms. The van der Waals surface area contributed by atoms with E-state index < -0.39 is 6.10 Å². The largest absolute Gasteiger partial charge is 0.462 e. The highest BCUT2D eigenvalue weighted by molar-refractivity contribution is 5.71. The lowest BCUT2D eigenvalue weighted by molar-refractivity contribution is -0.167. The summed E-state index contributed by atoms with van der Waals surface area (Å²) in [6.07, 6.45) is 92.6. The standard InChI is InChI=1S/C77H140O6/c1-4-7-10-13-16-19-22-25-28-30-31-32-33-34-35-36-37-38-39-40-41-42-43-44-45-46-47-48-50-52-55-58-61-64-67-70-76(79)82-73-74(72-81-75(78)69-66-63-60-57-54-51-27-24-21-18-15-12-9-6-3)83-77(80)71-68-65-62-59-56-53-49-29-26-23-20-17-14-11-8-5-2/h7,10,16,19,25,28,31-32,34-35,74H,4-6,8-9,11-15,17-18,20-24,26-27,29-30,33,36-73H2,1-3H3/b10-7-,19-16-,28-25-,32-31-,35-34-. The smallest absolute Gasteiger partial charge is 0.306 e. The Bertz CT molecular complexity index is 1470. The summed E-state index contributed by atoms with van der Waals surface area (Å²) in [7, 11) is 0. The molecule has 0 aliphatic carbocycles. The lowest BCUT2D eigenvalue weighted by atomic mass is 10.0. The zero-order chi connectivity index (χ0) is 59.9. The second-order valence-electron chi connectivity index (χ2n) is 24.8. The Morgan fingerprint density at radius 2 is 0.470 bits per heavy atom. The minimum atomic E-state index is -0.768. The van der Waals surface area contributed by atoms with Gasteiger partial charge in [0.2, 0.25) is 0 Å². The van der Waals surface area contributed by atoms with E-state index in [2.05, 4.69) is 81.5 Å². The Morgan fingerprint density at radius 3 is 0.735 bits per heavy atom. The molecule has 0 aromatic rings. The van der Waals surface area contributed by atoms with Crippen LogP contribution in [0.5, 0.6) is 0 Å². The van der Waals surface area contributed by atoms with Crippen molar-refractivity contribution in [1.29, 1.82) is 0 Å². The third-order valence-electron chi connectivity index (χ3n) is 16.5. The van der Waals surface area contributed by atoms with Crippen LogP contribution in [0.2, 0.25) is 0 Å². The zero-order valence-electron chi connectivity index (χ0n) is 55.7. The molecule has 0 heterocycles. The first-order valence-electron chi connectivity index (χ1n) is 36.8. The molecule has 484 valence electrons. The summed E-state index contributed by atoms with van der Waals surface area (Å²) < 4.78 is 17.0. The predicted molar refractivity (Wildman–Crippen MR) is 362 cm³/mol. The maximum atomic E-state index is 12.9. The summed E-state index contributed by atoms with van der Waals surface area (Å²) in [5, 5.41) is 0. The van der Waals surface area contributed by atoms with Gasteiger partial charge < -0.3 is 14.2 Å². The Balaban J connectivity index is 4.10. The normalized spacial score (nSPS) is 12.4. The van der Waals surface area contributed by atoms with Crippen molar-refractivity contribution in [2.45, 2.75) is 399 Å². The van der Waals surface area contributed by atoms with Gasteiger partial charge in [0.25, 0.3) is 0 Å². The van der Waals surface area contributed by atoms with Crippen LogP contribution in [0.25, 0.3) is 0 Å². The molecule has 0 bridgehead atoms. The minimum Gasteiger partial charge on any atom is -0.462 e. The molecule has 0 aliphatic heterocycles. The van der Waals surface area contributed by atoms with Crippen molar-refractivity contribution in [2.24, 2.45) is 0 Å². The van der Waals surface area contributed by atoms with Crippen molar-refractivity contribution in [3.63, 3.8) is 0 Å². The van der Waals surface area contributed by atoms with Crippen LogP contribution in [0.15, 0.2) is 60.8 Å². The molecule has 0 aliphatic rings. The maximum absolute atomic E-state index is 12.9. The monoisotopic (exact) mass is 1160 g/mol. The summed E-state index contributed by atoms with van der Waals surface area (Å²) >= 11 is 0. The van der Waals surface area contributed by atoms with Gasteiger partial charge in [0, 0.05) is 19.3 Å². The number of allylic oxidation sites excluding steroid dienone is 10. The molecule has 83 heavy (non-hydrogen) atoms. The number of carbonyl (C=O) groups is 3. The van der Waals surface area contributed by atoms with Crippen LogP contribution in [0.3, 0.4) is 0 Å². The number of hydrogen-bond acceptors (Lipinski definition) is 6. The third kappa shape index (κ3) is 69.8. The number of carbonyl (C=O) groups excluding carboxylic acids is 3. The van der Waals surface area contributed by atoms with Crippen LogP contribution >= 0.6 is 0 Å². The molecule has 0 aromatic heterocycles. The molecule has 0 aromatic carbocycles. The third-order valence-corrected chi connectivity index (χ3v) is 16.5. The quantitative estimate of drug-likeness (QED) is 0.0261. The van der Waals surface area contributed by atoms with E-state index in [1.807, 2.05) is 0 Å². The van der Waals surface area contributed by atoms with Crippen molar-refractivity contribution in [1.82, 2.24) is 0 Å². The van der Waals surface area contributed by atoms with Crippen molar-refractivity contribution < 1.29 is 28.6 Å². The average Bonchev–Trinajstić information content (AvgIpc) is 3.49. The first kappa shape index (κ1) is 80.1. The Hall–Kier alpha value is -2.89. The Morgan fingerprint density at radius 1 is 0.253 bits per heavy atom. The van der Waals surface area contributed by atoms with Gasteiger partial charge in [-0.1, -0.05) is 370 Å². The van der Waals surface area contributed by atoms with E-state index in [-0.39, 0.29) is 31.1 Å². The molecule has 0 amide bonds. The van der Waals surface area contributed by atoms with E-state index in [0.717, 1.165) is 89.9 Å². The zero-order valence-corrected chi connectivity index (χ0v) is 55.7. The van der Waals surface area contributed by atoms with Crippen molar-refractivity contribution >= 4 is 17.9 Å². The van der Waals surface area contributed by atoms with E-state index in [0.29, 0.717) is 19.3 Å². The van der Waals surface area contributed by atoms with Gasteiger partial charge in [-0.2, -0.15) is 0 Å². The summed E-state index contributed by atoms with van der Waals surface area (Å²) in [6, 6.07) is 0. The van der Waals surface area contributed by atoms with Crippen LogP contribution < -0.4 is 0 Å². The SMILES string of the molecule is CC/C=C\C/C=C\C/C=C\C/C=C\C/C=C\CCCCCCCCCCCCCCCCCCCCCC(=O)OCC(COC(=O)CCCCCCCCCCCCCCCC)OC(=O)CCCCCCCCCCCCCCCCCC. The highest BCUT2D eigenvalue weighted by Crippen LogP contribution is 2.19. The van der Waals surface area contributed by atoms with E-state index in [4.69, 9.17) is 14.2 Å². The van der Waals surface area contributed by atoms with E-state index in [9.17, 15) is 14.4 Å². The average molecular weight is 1160 g/mol. The number of ether oxygens (including phenoxy) is 3. The molecule has 6 nitrogen and oxygen atoms in total. The van der Waals surface area contributed by atoms with Gasteiger partial charge >= 0.3 is 17.9 Å². The number of unbranched alkanes of at least 4 members (excludes halogenated alkanes) is 47. The van der Waals surface area contributed by atoms with Crippen molar-refractivity contribution in [3.05, 3.63) is 60.8 Å². The molecule has 0 rings (SSSR count). The fraction of sp³-hybridized carbons (Fsp3) is 0.831. The number of hydrogen-bond donors (Lipinski definition) is 0. The molecule has 0 N–H and O–H groups in total. The number of esters is 3. The maximum Gasteiger partial charge on any atom is 0.306 e. The van der Waals surface area contributed by atoms with Crippen molar-refractivity contribution in [3.8, 4) is 0 Å². The summed E-state index contributed by atoms with van der Waals surface area (Å²) in [5.74, 6) is -0.834. The van der Waals surface area contributed by atoms with Crippen LogP contribution in [0.1, 0.15) is 393 Å². The Kier molecular flexibility index (Phi) is 69.1. The topological polar surface area (TPSA) is 78.9 Å². The van der Waals surface area contributed by atoms with Gasteiger partial charge in [-0.15, -0.1) is 0 Å². The van der Waals surface area contributed by atoms with Gasteiger partial charge in [-0.05, 0) is 64.2 Å². The summed E-state index contributed by atoms with van der Waals surface area (Å²) in [5.41, 5.74) is 0. The lowest BCUT2D eigenvalue weighted by Crippen LogP contribution is -2.30. The Labute approximate surface area is 517 Å². The van der Waals surface area contributed by atoms with E-state index in [1.54, 1.807) is 0 Å². The van der Waals surface area contributed by atoms with Gasteiger partial charge in [-0.25, -0.2) is 0 Å². The van der Waals surface area contributed by atoms with Crippen molar-refractivity contribution in [2.75, 3.05) is 13.2 Å². The minimum absolute atomic E-state index is 0.0651.